The topological polar surface area (TPSA) is 15.3 Å². The molecule has 2 heteroatoms. The van der Waals surface area contributed by atoms with Gasteiger partial charge >= 0.3 is 0 Å². The van der Waals surface area contributed by atoms with Gasteiger partial charge in [0.2, 0.25) is 0 Å². The maximum atomic E-state index is 3.55. The Morgan fingerprint density at radius 2 is 1.75 bits per heavy atom. The van der Waals surface area contributed by atoms with E-state index in [0.717, 1.165) is 18.0 Å². The van der Waals surface area contributed by atoms with Crippen molar-refractivity contribution >= 4 is 0 Å². The van der Waals surface area contributed by atoms with Gasteiger partial charge < -0.3 is 5.32 Å². The second kappa shape index (κ2) is 5.05. The predicted octanol–water partition coefficient (Wildman–Crippen LogP) is 2.39. The summed E-state index contributed by atoms with van der Waals surface area (Å²) in [6.07, 6.45) is 11.7. The van der Waals surface area contributed by atoms with Crippen molar-refractivity contribution in [3.63, 3.8) is 0 Å². The molecule has 2 heterocycles. The van der Waals surface area contributed by atoms with E-state index in [9.17, 15) is 0 Å². The predicted molar refractivity (Wildman–Crippen MR) is 67.6 cm³/mol. The molecule has 16 heavy (non-hydrogen) atoms. The fourth-order valence-corrected chi connectivity index (χ4v) is 4.23. The normalized spacial score (nSPS) is 41.6. The van der Waals surface area contributed by atoms with E-state index < -0.39 is 0 Å². The van der Waals surface area contributed by atoms with Crippen molar-refractivity contribution in [2.75, 3.05) is 19.6 Å². The van der Waals surface area contributed by atoms with E-state index in [2.05, 4.69) is 10.2 Å². The summed E-state index contributed by atoms with van der Waals surface area (Å²) in [6, 6.07) is 1.87. The van der Waals surface area contributed by atoms with Crippen LogP contribution in [-0.2, 0) is 0 Å². The molecule has 1 N–H and O–H groups in total. The molecule has 3 aliphatic rings. The smallest absolute Gasteiger partial charge is 0.0127 e. The third-order valence-electron chi connectivity index (χ3n) is 5.07. The van der Waals surface area contributed by atoms with Crippen LogP contribution in [0.5, 0.6) is 0 Å². The van der Waals surface area contributed by atoms with Crippen molar-refractivity contribution in [2.24, 2.45) is 5.92 Å². The second-order valence-electron chi connectivity index (χ2n) is 5.97. The Bertz CT molecular complexity index is 221. The van der Waals surface area contributed by atoms with Gasteiger partial charge in [-0.1, -0.05) is 12.8 Å². The van der Waals surface area contributed by atoms with E-state index >= 15 is 0 Å². The van der Waals surface area contributed by atoms with E-state index in [1.54, 1.807) is 0 Å². The molecule has 3 unspecified atom stereocenters. The SMILES string of the molecule is C1CCC2C(C1)CCN2C1CCCNCC1. The Balaban J connectivity index is 1.64. The van der Waals surface area contributed by atoms with Crippen LogP contribution >= 0.6 is 0 Å². The minimum Gasteiger partial charge on any atom is -0.317 e. The van der Waals surface area contributed by atoms with Gasteiger partial charge in [-0.3, -0.25) is 4.90 Å². The molecule has 0 amide bonds. The highest BCUT2D eigenvalue weighted by Gasteiger charge is 2.38. The molecule has 0 aromatic rings. The average molecular weight is 222 g/mol. The Kier molecular flexibility index (Phi) is 3.49. The maximum absolute atomic E-state index is 3.55. The number of likely N-dealkylation sites (tertiary alicyclic amines) is 1. The molecule has 0 bridgehead atoms. The van der Waals surface area contributed by atoms with Crippen LogP contribution in [0.4, 0.5) is 0 Å². The number of nitrogens with zero attached hydrogens (tertiary/aromatic N) is 1. The summed E-state index contributed by atoms with van der Waals surface area (Å²) in [5.74, 6) is 1.06. The van der Waals surface area contributed by atoms with Gasteiger partial charge in [0.1, 0.15) is 0 Å². The largest absolute Gasteiger partial charge is 0.317 e. The number of rotatable bonds is 1. The maximum Gasteiger partial charge on any atom is 0.0127 e. The Morgan fingerprint density at radius 1 is 0.812 bits per heavy atom. The zero-order valence-electron chi connectivity index (χ0n) is 10.5. The van der Waals surface area contributed by atoms with Gasteiger partial charge in [-0.25, -0.2) is 0 Å². The van der Waals surface area contributed by atoms with E-state index in [4.69, 9.17) is 0 Å². The lowest BCUT2D eigenvalue weighted by molar-refractivity contribution is 0.123. The lowest BCUT2D eigenvalue weighted by Gasteiger charge is -2.36. The van der Waals surface area contributed by atoms with Gasteiger partial charge in [0.15, 0.2) is 0 Å². The highest BCUT2D eigenvalue weighted by molar-refractivity contribution is 4.93. The van der Waals surface area contributed by atoms with E-state index in [0.29, 0.717) is 0 Å². The van der Waals surface area contributed by atoms with Crippen molar-refractivity contribution in [3.05, 3.63) is 0 Å². The first-order chi connectivity index (χ1) is 7.95. The van der Waals surface area contributed by atoms with Gasteiger partial charge in [-0.05, 0) is 64.1 Å². The van der Waals surface area contributed by atoms with Crippen LogP contribution in [0.1, 0.15) is 51.4 Å². The standard InChI is InChI=1S/C14H26N2/c1-2-6-14-12(4-1)8-11-16(14)13-5-3-9-15-10-7-13/h12-15H,1-11H2. The van der Waals surface area contributed by atoms with Crippen LogP contribution in [0.15, 0.2) is 0 Å². The third kappa shape index (κ3) is 2.14. The molecule has 92 valence electrons. The van der Waals surface area contributed by atoms with Crippen LogP contribution in [0.25, 0.3) is 0 Å². The fourth-order valence-electron chi connectivity index (χ4n) is 4.23. The molecule has 0 spiro atoms. The van der Waals surface area contributed by atoms with Crippen molar-refractivity contribution in [3.8, 4) is 0 Å². The van der Waals surface area contributed by atoms with E-state index in [1.807, 2.05) is 0 Å². The van der Waals surface area contributed by atoms with Crippen molar-refractivity contribution in [2.45, 2.75) is 63.5 Å². The first-order valence-corrected chi connectivity index (χ1v) is 7.41. The summed E-state index contributed by atoms with van der Waals surface area (Å²) >= 11 is 0. The minimum absolute atomic E-state index is 0.906. The van der Waals surface area contributed by atoms with Crippen molar-refractivity contribution < 1.29 is 0 Å². The summed E-state index contributed by atoms with van der Waals surface area (Å²) in [4.78, 5) is 2.90. The highest BCUT2D eigenvalue weighted by Crippen LogP contribution is 2.38. The first kappa shape index (κ1) is 11.0. The van der Waals surface area contributed by atoms with Crippen molar-refractivity contribution in [1.29, 1.82) is 0 Å². The lowest BCUT2D eigenvalue weighted by Crippen LogP contribution is -2.42. The summed E-state index contributed by atoms with van der Waals surface area (Å²) < 4.78 is 0. The average Bonchev–Trinajstić information content (AvgIpc) is 2.57. The molecule has 1 saturated carbocycles. The van der Waals surface area contributed by atoms with E-state index in [-0.39, 0.29) is 0 Å². The molecule has 2 nitrogen and oxygen atoms in total. The number of hydrogen-bond acceptors (Lipinski definition) is 2. The first-order valence-electron chi connectivity index (χ1n) is 7.41. The van der Waals surface area contributed by atoms with Crippen LogP contribution < -0.4 is 5.32 Å². The molecule has 0 aromatic heterocycles. The summed E-state index contributed by atoms with van der Waals surface area (Å²) in [5.41, 5.74) is 0. The molecule has 3 atom stereocenters. The van der Waals surface area contributed by atoms with Gasteiger partial charge in [-0.15, -0.1) is 0 Å². The number of fused-ring (bicyclic) bond motifs is 1. The quantitative estimate of drug-likeness (QED) is 0.733. The molecule has 1 aliphatic carbocycles. The number of hydrogen-bond donors (Lipinski definition) is 1. The summed E-state index contributed by atoms with van der Waals surface area (Å²) in [6.45, 7) is 3.90. The lowest BCUT2D eigenvalue weighted by atomic mass is 9.84. The van der Waals surface area contributed by atoms with Crippen LogP contribution in [0.2, 0.25) is 0 Å². The van der Waals surface area contributed by atoms with Crippen LogP contribution in [0.3, 0.4) is 0 Å². The molecule has 3 rings (SSSR count). The molecule has 3 fully saturated rings. The Labute approximate surface area is 99.8 Å². The molecular weight excluding hydrogens is 196 g/mol. The molecular formula is C14H26N2. The van der Waals surface area contributed by atoms with Gasteiger partial charge in [0.25, 0.3) is 0 Å². The van der Waals surface area contributed by atoms with Crippen LogP contribution in [-0.4, -0.2) is 36.6 Å². The monoisotopic (exact) mass is 222 g/mol. The third-order valence-corrected chi connectivity index (χ3v) is 5.07. The minimum atomic E-state index is 0.906. The van der Waals surface area contributed by atoms with Gasteiger partial charge in [0.05, 0.1) is 0 Å². The molecule has 0 aromatic carbocycles. The molecule has 0 radical (unpaired) electrons. The van der Waals surface area contributed by atoms with Gasteiger partial charge in [0, 0.05) is 12.1 Å². The van der Waals surface area contributed by atoms with Crippen LogP contribution in [0, 0.1) is 5.92 Å². The zero-order valence-corrected chi connectivity index (χ0v) is 10.5. The summed E-state index contributed by atoms with van der Waals surface area (Å²) in [5, 5.41) is 3.55. The fraction of sp³-hybridized carbons (Fsp3) is 1.00. The zero-order chi connectivity index (χ0) is 10.8. The molecule has 2 aliphatic heterocycles. The molecule has 2 saturated heterocycles. The highest BCUT2D eigenvalue weighted by atomic mass is 15.2. The number of nitrogens with one attached hydrogen (secondary N) is 1. The Hall–Kier alpha value is -0.0800. The second-order valence-corrected chi connectivity index (χ2v) is 5.97. The van der Waals surface area contributed by atoms with Crippen molar-refractivity contribution in [1.82, 2.24) is 10.2 Å². The van der Waals surface area contributed by atoms with Gasteiger partial charge in [-0.2, -0.15) is 0 Å². The summed E-state index contributed by atoms with van der Waals surface area (Å²) in [7, 11) is 0. The Morgan fingerprint density at radius 3 is 2.75 bits per heavy atom. The van der Waals surface area contributed by atoms with E-state index in [1.165, 1.54) is 71.0 Å².